The third-order valence-corrected chi connectivity index (χ3v) is 3.57. The van der Waals surface area contributed by atoms with Gasteiger partial charge in [0, 0.05) is 12.6 Å². The summed E-state index contributed by atoms with van der Waals surface area (Å²) in [5.74, 6) is 0.422. The minimum absolute atomic E-state index is 0.156. The van der Waals surface area contributed by atoms with Gasteiger partial charge in [0.25, 0.3) is 5.91 Å². The second-order valence-corrected chi connectivity index (χ2v) is 5.35. The van der Waals surface area contributed by atoms with Gasteiger partial charge in [-0.3, -0.25) is 4.79 Å². The van der Waals surface area contributed by atoms with Crippen LogP contribution in [0.1, 0.15) is 27.9 Å². The lowest BCUT2D eigenvalue weighted by Crippen LogP contribution is -2.34. The van der Waals surface area contributed by atoms with Crippen LogP contribution in [0, 0.1) is 6.92 Å². The van der Waals surface area contributed by atoms with Crippen LogP contribution in [-0.2, 0) is 0 Å². The molecule has 102 valence electrons. The molecule has 6 heteroatoms. The summed E-state index contributed by atoms with van der Waals surface area (Å²) < 4.78 is 4.89. The van der Waals surface area contributed by atoms with E-state index in [0.29, 0.717) is 18.0 Å². The van der Waals surface area contributed by atoms with Crippen LogP contribution in [-0.4, -0.2) is 36.6 Å². The van der Waals surface area contributed by atoms with Crippen LogP contribution in [0.2, 0.25) is 0 Å². The molecule has 2 aromatic rings. The molecule has 0 saturated carbocycles. The predicted octanol–water partition coefficient (Wildman–Crippen LogP) is 2.08. The topological polar surface area (TPSA) is 58.4 Å². The van der Waals surface area contributed by atoms with Gasteiger partial charge in [-0.2, -0.15) is 11.3 Å². The van der Waals surface area contributed by atoms with Crippen LogP contribution in [0.15, 0.2) is 27.4 Å². The van der Waals surface area contributed by atoms with Gasteiger partial charge in [0.15, 0.2) is 5.69 Å². The standard InChI is InChI=1S/C13H17N3O2S/c1-9-6-11(15-18-9)13(17)14-7-12(16(2)3)10-4-5-19-8-10/h4-6,8,12H,7H2,1-3H3,(H,14,17)/t12-/m1/s1. The van der Waals surface area contributed by atoms with Crippen LogP contribution in [0.3, 0.4) is 0 Å². The summed E-state index contributed by atoms with van der Waals surface area (Å²) in [5.41, 5.74) is 1.52. The van der Waals surface area contributed by atoms with Crippen molar-refractivity contribution >= 4 is 17.2 Å². The second-order valence-electron chi connectivity index (χ2n) is 4.57. The Hall–Kier alpha value is -1.66. The summed E-state index contributed by atoms with van der Waals surface area (Å²) >= 11 is 1.65. The number of likely N-dealkylation sites (N-methyl/N-ethyl adjacent to an activating group) is 1. The molecule has 0 fully saturated rings. The molecule has 0 aliphatic rings. The lowest BCUT2D eigenvalue weighted by molar-refractivity contribution is 0.0933. The van der Waals surface area contributed by atoms with E-state index in [0.717, 1.165) is 0 Å². The van der Waals surface area contributed by atoms with Gasteiger partial charge in [0.1, 0.15) is 5.76 Å². The molecule has 0 saturated heterocycles. The van der Waals surface area contributed by atoms with Crippen LogP contribution in [0.25, 0.3) is 0 Å². The molecule has 0 aromatic carbocycles. The number of amides is 1. The highest BCUT2D eigenvalue weighted by Gasteiger charge is 2.17. The highest BCUT2D eigenvalue weighted by molar-refractivity contribution is 7.07. The summed E-state index contributed by atoms with van der Waals surface area (Å²) in [7, 11) is 3.99. The number of rotatable bonds is 5. The number of aromatic nitrogens is 1. The van der Waals surface area contributed by atoms with Gasteiger partial charge in [-0.1, -0.05) is 5.16 Å². The fourth-order valence-corrected chi connectivity index (χ4v) is 2.52. The Bertz CT molecular complexity index is 534. The molecule has 2 rings (SSSR count). The molecule has 5 nitrogen and oxygen atoms in total. The van der Waals surface area contributed by atoms with Crippen molar-refractivity contribution in [3.63, 3.8) is 0 Å². The van der Waals surface area contributed by atoms with Crippen molar-refractivity contribution in [2.45, 2.75) is 13.0 Å². The first-order valence-corrected chi connectivity index (χ1v) is 6.92. The third-order valence-electron chi connectivity index (χ3n) is 2.87. The highest BCUT2D eigenvalue weighted by Crippen LogP contribution is 2.20. The Morgan fingerprint density at radius 1 is 1.58 bits per heavy atom. The first-order valence-electron chi connectivity index (χ1n) is 5.98. The summed E-state index contributed by atoms with van der Waals surface area (Å²) in [6, 6.07) is 3.86. The largest absolute Gasteiger partial charge is 0.361 e. The Balaban J connectivity index is 1.98. The summed E-state index contributed by atoms with van der Waals surface area (Å²) in [6.07, 6.45) is 0. The molecule has 0 bridgehead atoms. The van der Waals surface area contributed by atoms with Crippen molar-refractivity contribution in [1.82, 2.24) is 15.4 Å². The maximum atomic E-state index is 11.9. The number of hydrogen-bond acceptors (Lipinski definition) is 5. The minimum atomic E-state index is -0.209. The van der Waals surface area contributed by atoms with E-state index in [9.17, 15) is 4.79 Å². The maximum Gasteiger partial charge on any atom is 0.273 e. The van der Waals surface area contributed by atoms with Crippen molar-refractivity contribution in [2.24, 2.45) is 0 Å². The van der Waals surface area contributed by atoms with Crippen molar-refractivity contribution in [2.75, 3.05) is 20.6 Å². The predicted molar refractivity (Wildman–Crippen MR) is 74.3 cm³/mol. The molecule has 0 spiro atoms. The first-order chi connectivity index (χ1) is 9.08. The summed E-state index contributed by atoms with van der Waals surface area (Å²) in [4.78, 5) is 14.0. The Morgan fingerprint density at radius 2 is 2.37 bits per heavy atom. The van der Waals surface area contributed by atoms with E-state index in [1.54, 1.807) is 24.3 Å². The fourth-order valence-electron chi connectivity index (χ4n) is 1.82. The van der Waals surface area contributed by atoms with E-state index in [1.807, 2.05) is 19.5 Å². The smallest absolute Gasteiger partial charge is 0.273 e. The molecular formula is C13H17N3O2S. The normalized spacial score (nSPS) is 12.6. The third kappa shape index (κ3) is 3.42. The fraction of sp³-hybridized carbons (Fsp3) is 0.385. The molecule has 1 amide bonds. The van der Waals surface area contributed by atoms with E-state index in [-0.39, 0.29) is 11.9 Å². The van der Waals surface area contributed by atoms with Crippen molar-refractivity contribution in [3.05, 3.63) is 39.9 Å². The van der Waals surface area contributed by atoms with Gasteiger partial charge < -0.3 is 14.7 Å². The Labute approximate surface area is 116 Å². The SMILES string of the molecule is Cc1cc(C(=O)NC[C@H](c2ccsc2)N(C)C)no1. The van der Waals surface area contributed by atoms with Gasteiger partial charge in [-0.25, -0.2) is 0 Å². The van der Waals surface area contributed by atoms with Gasteiger partial charge in [-0.05, 0) is 43.4 Å². The average Bonchev–Trinajstić information content (AvgIpc) is 3.00. The van der Waals surface area contributed by atoms with Crippen LogP contribution >= 0.6 is 11.3 Å². The number of carbonyl (C=O) groups excluding carboxylic acids is 1. The number of nitrogens with one attached hydrogen (secondary N) is 1. The number of hydrogen-bond donors (Lipinski definition) is 1. The van der Waals surface area contributed by atoms with Gasteiger partial charge in [-0.15, -0.1) is 0 Å². The molecule has 0 aliphatic heterocycles. The molecule has 2 heterocycles. The van der Waals surface area contributed by atoms with Crippen LogP contribution in [0.5, 0.6) is 0 Å². The minimum Gasteiger partial charge on any atom is -0.361 e. The lowest BCUT2D eigenvalue weighted by atomic mass is 10.1. The molecular weight excluding hydrogens is 262 g/mol. The number of nitrogens with zero attached hydrogens (tertiary/aromatic N) is 2. The Morgan fingerprint density at radius 3 is 2.89 bits per heavy atom. The van der Waals surface area contributed by atoms with Crippen molar-refractivity contribution in [1.29, 1.82) is 0 Å². The van der Waals surface area contributed by atoms with Gasteiger partial charge >= 0.3 is 0 Å². The lowest BCUT2D eigenvalue weighted by Gasteiger charge is -2.23. The highest BCUT2D eigenvalue weighted by atomic mass is 32.1. The van der Waals surface area contributed by atoms with Crippen LogP contribution in [0.4, 0.5) is 0 Å². The van der Waals surface area contributed by atoms with E-state index < -0.39 is 0 Å². The number of carbonyl (C=O) groups is 1. The molecule has 1 N–H and O–H groups in total. The van der Waals surface area contributed by atoms with E-state index in [1.165, 1.54) is 5.56 Å². The van der Waals surface area contributed by atoms with Crippen molar-refractivity contribution in [3.8, 4) is 0 Å². The molecule has 2 aromatic heterocycles. The quantitative estimate of drug-likeness (QED) is 0.910. The molecule has 0 aliphatic carbocycles. The van der Waals surface area contributed by atoms with E-state index >= 15 is 0 Å². The average molecular weight is 279 g/mol. The Kier molecular flexibility index (Phi) is 4.34. The van der Waals surface area contributed by atoms with Gasteiger partial charge in [0.2, 0.25) is 0 Å². The monoisotopic (exact) mass is 279 g/mol. The van der Waals surface area contributed by atoms with Crippen molar-refractivity contribution < 1.29 is 9.32 Å². The van der Waals surface area contributed by atoms with Gasteiger partial charge in [0.05, 0.1) is 6.04 Å². The zero-order valence-electron chi connectivity index (χ0n) is 11.2. The van der Waals surface area contributed by atoms with E-state index in [2.05, 4.69) is 26.8 Å². The number of thiophene rings is 1. The zero-order valence-corrected chi connectivity index (χ0v) is 12.0. The first kappa shape index (κ1) is 13.8. The molecule has 0 unspecified atom stereocenters. The van der Waals surface area contributed by atoms with E-state index in [4.69, 9.17) is 4.52 Å². The second kappa shape index (κ2) is 5.99. The number of aryl methyl sites for hydroxylation is 1. The molecule has 0 radical (unpaired) electrons. The molecule has 1 atom stereocenters. The summed E-state index contributed by atoms with van der Waals surface area (Å²) in [6.45, 7) is 2.30. The van der Waals surface area contributed by atoms with Crippen LogP contribution < -0.4 is 5.32 Å². The maximum absolute atomic E-state index is 11.9. The summed E-state index contributed by atoms with van der Waals surface area (Å²) in [5, 5.41) is 10.7. The molecule has 19 heavy (non-hydrogen) atoms. The zero-order chi connectivity index (χ0) is 13.8.